The van der Waals surface area contributed by atoms with Gasteiger partial charge in [0.2, 0.25) is 0 Å². The van der Waals surface area contributed by atoms with Gasteiger partial charge in [0.1, 0.15) is 6.29 Å². The van der Waals surface area contributed by atoms with Crippen LogP contribution in [0.2, 0.25) is 0 Å². The standard InChI is InChI=1S/C19H26O5/c1-15(2)7-5-8-18(13-20)9-6-10-19(14-24-17(4)22)11-12-23-16(3)21/h7,9,11-14H,5-6,8,10H2,1-4H3/b12-11+,18-9+,19-14-. The molecule has 0 aliphatic rings. The summed E-state index contributed by atoms with van der Waals surface area (Å²) in [6.07, 6.45) is 11.6. The average Bonchev–Trinajstić information content (AvgIpc) is 2.49. The third-order valence-corrected chi connectivity index (χ3v) is 2.87. The van der Waals surface area contributed by atoms with Crippen LogP contribution in [0.3, 0.4) is 0 Å². The zero-order chi connectivity index (χ0) is 18.4. The number of rotatable bonds is 10. The molecule has 5 nitrogen and oxygen atoms in total. The molecule has 24 heavy (non-hydrogen) atoms. The van der Waals surface area contributed by atoms with Gasteiger partial charge in [-0.15, -0.1) is 0 Å². The van der Waals surface area contributed by atoms with Gasteiger partial charge in [-0.1, -0.05) is 17.7 Å². The highest BCUT2D eigenvalue weighted by atomic mass is 16.5. The molecular formula is C19H26O5. The van der Waals surface area contributed by atoms with E-state index in [4.69, 9.17) is 9.47 Å². The highest BCUT2D eigenvalue weighted by Gasteiger charge is 1.99. The van der Waals surface area contributed by atoms with Crippen molar-refractivity contribution in [3.05, 3.63) is 47.5 Å². The minimum Gasteiger partial charge on any atom is -0.435 e. The quantitative estimate of drug-likeness (QED) is 0.150. The van der Waals surface area contributed by atoms with Gasteiger partial charge in [0.05, 0.1) is 12.5 Å². The summed E-state index contributed by atoms with van der Waals surface area (Å²) in [5.74, 6) is -0.861. The first-order chi connectivity index (χ1) is 11.3. The first-order valence-corrected chi connectivity index (χ1v) is 7.82. The largest absolute Gasteiger partial charge is 0.435 e. The van der Waals surface area contributed by atoms with Gasteiger partial charge in [0, 0.05) is 13.8 Å². The zero-order valence-corrected chi connectivity index (χ0v) is 14.8. The Balaban J connectivity index is 4.68. The van der Waals surface area contributed by atoms with Crippen molar-refractivity contribution in [3.63, 3.8) is 0 Å². The molecule has 0 aliphatic carbocycles. The summed E-state index contributed by atoms with van der Waals surface area (Å²) in [6.45, 7) is 6.64. The lowest BCUT2D eigenvalue weighted by molar-refractivity contribution is -0.136. The third kappa shape index (κ3) is 13.2. The molecule has 0 saturated carbocycles. The van der Waals surface area contributed by atoms with Crippen LogP contribution in [-0.2, 0) is 23.9 Å². The molecule has 0 atom stereocenters. The lowest BCUT2D eigenvalue weighted by atomic mass is 10.1. The van der Waals surface area contributed by atoms with Crippen LogP contribution in [0.25, 0.3) is 0 Å². The first-order valence-electron chi connectivity index (χ1n) is 7.82. The van der Waals surface area contributed by atoms with Gasteiger partial charge in [0.15, 0.2) is 0 Å². The van der Waals surface area contributed by atoms with E-state index in [1.807, 2.05) is 19.9 Å². The Morgan fingerprint density at radius 3 is 1.96 bits per heavy atom. The highest BCUT2D eigenvalue weighted by molar-refractivity contribution is 5.73. The molecule has 0 aromatic rings. The van der Waals surface area contributed by atoms with Crippen LogP contribution in [0.5, 0.6) is 0 Å². The number of hydrogen-bond donors (Lipinski definition) is 0. The van der Waals surface area contributed by atoms with Crippen molar-refractivity contribution in [2.75, 3.05) is 0 Å². The molecule has 0 aliphatic heterocycles. The van der Waals surface area contributed by atoms with Gasteiger partial charge >= 0.3 is 11.9 Å². The van der Waals surface area contributed by atoms with Crippen molar-refractivity contribution in [1.82, 2.24) is 0 Å². The molecule has 0 radical (unpaired) electrons. The Labute approximate surface area is 143 Å². The number of hydrogen-bond acceptors (Lipinski definition) is 5. The van der Waals surface area contributed by atoms with Crippen LogP contribution in [0.1, 0.15) is 53.4 Å². The van der Waals surface area contributed by atoms with Crippen molar-refractivity contribution >= 4 is 18.2 Å². The molecule has 0 N–H and O–H groups in total. The van der Waals surface area contributed by atoms with Gasteiger partial charge in [-0.3, -0.25) is 14.4 Å². The molecule has 0 aromatic heterocycles. The van der Waals surface area contributed by atoms with Crippen LogP contribution >= 0.6 is 0 Å². The summed E-state index contributed by atoms with van der Waals surface area (Å²) in [4.78, 5) is 32.7. The summed E-state index contributed by atoms with van der Waals surface area (Å²) in [7, 11) is 0. The summed E-state index contributed by atoms with van der Waals surface area (Å²) in [5, 5.41) is 0. The Hall–Kier alpha value is -2.43. The van der Waals surface area contributed by atoms with E-state index in [0.717, 1.165) is 18.3 Å². The summed E-state index contributed by atoms with van der Waals surface area (Å²) in [6, 6.07) is 0. The Bertz CT molecular complexity index is 546. The average molecular weight is 334 g/mol. The molecule has 0 unspecified atom stereocenters. The maximum Gasteiger partial charge on any atom is 0.307 e. The molecule has 132 valence electrons. The van der Waals surface area contributed by atoms with E-state index in [2.05, 4.69) is 6.08 Å². The number of esters is 2. The van der Waals surface area contributed by atoms with Gasteiger partial charge in [-0.2, -0.15) is 0 Å². The van der Waals surface area contributed by atoms with Crippen LogP contribution in [0, 0.1) is 0 Å². The smallest absolute Gasteiger partial charge is 0.307 e. The molecule has 0 rings (SSSR count). The Morgan fingerprint density at radius 1 is 0.833 bits per heavy atom. The van der Waals surface area contributed by atoms with E-state index in [1.165, 1.54) is 31.9 Å². The first kappa shape index (κ1) is 21.6. The molecule has 0 spiro atoms. The molecule has 0 aromatic carbocycles. The second-order valence-electron chi connectivity index (χ2n) is 5.47. The second kappa shape index (κ2) is 13.0. The molecule has 0 fully saturated rings. The summed E-state index contributed by atoms with van der Waals surface area (Å²) < 4.78 is 9.57. The van der Waals surface area contributed by atoms with Gasteiger partial charge in [-0.25, -0.2) is 0 Å². The molecule has 0 bridgehead atoms. The van der Waals surface area contributed by atoms with Crippen LogP contribution in [0.4, 0.5) is 0 Å². The summed E-state index contributed by atoms with van der Waals surface area (Å²) in [5.41, 5.74) is 2.64. The number of carbonyl (C=O) groups excluding carboxylic acids is 3. The summed E-state index contributed by atoms with van der Waals surface area (Å²) >= 11 is 0. The van der Waals surface area contributed by atoms with Gasteiger partial charge in [0.25, 0.3) is 0 Å². The SMILES string of the molecule is CC(=O)O/C=C(\C=C\OC(C)=O)CC/C=C(/C=O)CCC=C(C)C. The normalized spacial score (nSPS) is 12.0. The van der Waals surface area contributed by atoms with E-state index in [0.29, 0.717) is 24.8 Å². The Kier molecular flexibility index (Phi) is 11.7. The number of aldehydes is 1. The second-order valence-corrected chi connectivity index (χ2v) is 5.47. The molecule has 5 heteroatoms. The predicted molar refractivity (Wildman–Crippen MR) is 92.8 cm³/mol. The van der Waals surface area contributed by atoms with E-state index >= 15 is 0 Å². The lowest BCUT2D eigenvalue weighted by Gasteiger charge is -2.02. The van der Waals surface area contributed by atoms with Crippen LogP contribution < -0.4 is 0 Å². The third-order valence-electron chi connectivity index (χ3n) is 2.87. The number of ether oxygens (including phenoxy) is 2. The van der Waals surface area contributed by atoms with Crippen LogP contribution in [0.15, 0.2) is 47.5 Å². The van der Waals surface area contributed by atoms with Crippen molar-refractivity contribution in [1.29, 1.82) is 0 Å². The fraction of sp³-hybridized carbons (Fsp3) is 0.421. The minimum atomic E-state index is -0.431. The van der Waals surface area contributed by atoms with Crippen molar-refractivity contribution in [2.24, 2.45) is 0 Å². The fourth-order valence-electron chi connectivity index (χ4n) is 1.72. The van der Waals surface area contributed by atoms with Crippen molar-refractivity contribution in [2.45, 2.75) is 53.4 Å². The van der Waals surface area contributed by atoms with Gasteiger partial charge in [-0.05, 0) is 56.8 Å². The maximum atomic E-state index is 11.1. The predicted octanol–water partition coefficient (Wildman–Crippen LogP) is 4.16. The molecular weight excluding hydrogens is 308 g/mol. The lowest BCUT2D eigenvalue weighted by Crippen LogP contribution is -1.94. The van der Waals surface area contributed by atoms with E-state index in [9.17, 15) is 14.4 Å². The maximum absolute atomic E-state index is 11.1. The number of allylic oxidation sites excluding steroid dienone is 6. The fourth-order valence-corrected chi connectivity index (χ4v) is 1.72. The van der Waals surface area contributed by atoms with E-state index < -0.39 is 11.9 Å². The molecule has 0 saturated heterocycles. The van der Waals surface area contributed by atoms with Crippen molar-refractivity contribution in [3.8, 4) is 0 Å². The monoisotopic (exact) mass is 334 g/mol. The zero-order valence-electron chi connectivity index (χ0n) is 14.8. The number of carbonyl (C=O) groups is 3. The molecule has 0 amide bonds. The highest BCUT2D eigenvalue weighted by Crippen LogP contribution is 2.12. The minimum absolute atomic E-state index is 0.430. The van der Waals surface area contributed by atoms with Gasteiger partial charge < -0.3 is 9.47 Å². The van der Waals surface area contributed by atoms with Crippen LogP contribution in [-0.4, -0.2) is 18.2 Å². The van der Waals surface area contributed by atoms with E-state index in [1.54, 1.807) is 6.08 Å². The van der Waals surface area contributed by atoms with Crippen molar-refractivity contribution < 1.29 is 23.9 Å². The molecule has 0 heterocycles. The Morgan fingerprint density at radius 2 is 1.42 bits per heavy atom. The topological polar surface area (TPSA) is 69.7 Å². The van der Waals surface area contributed by atoms with E-state index in [-0.39, 0.29) is 0 Å².